The summed E-state index contributed by atoms with van der Waals surface area (Å²) in [4.78, 5) is 41.5. The van der Waals surface area contributed by atoms with Crippen LogP contribution in [0.2, 0.25) is 0 Å². The largest absolute Gasteiger partial charge is 0.353 e. The maximum atomic E-state index is 13.2. The Morgan fingerprint density at radius 3 is 2.29 bits per heavy atom. The van der Waals surface area contributed by atoms with Crippen molar-refractivity contribution in [2.24, 2.45) is 13.0 Å². The predicted octanol–water partition coefficient (Wildman–Crippen LogP) is 3.01. The van der Waals surface area contributed by atoms with E-state index in [1.165, 1.54) is 0 Å². The third-order valence-corrected chi connectivity index (χ3v) is 5.99. The van der Waals surface area contributed by atoms with Crippen LogP contribution >= 0.6 is 0 Å². The average Bonchev–Trinajstić information content (AvgIpc) is 3.13. The number of rotatable bonds is 3. The molecule has 0 N–H and O–H groups in total. The van der Waals surface area contributed by atoms with Crippen molar-refractivity contribution < 1.29 is 14.4 Å². The molecule has 6 heteroatoms. The Morgan fingerprint density at radius 2 is 1.68 bits per heavy atom. The summed E-state index contributed by atoms with van der Waals surface area (Å²) in [6.45, 7) is 2.64. The molecule has 0 spiro atoms. The molecule has 28 heavy (non-hydrogen) atoms. The van der Waals surface area contributed by atoms with Crippen LogP contribution in [0.1, 0.15) is 58.6 Å². The quantitative estimate of drug-likeness (QED) is 0.770. The van der Waals surface area contributed by atoms with Crippen LogP contribution in [0.25, 0.3) is 0 Å². The van der Waals surface area contributed by atoms with Crippen molar-refractivity contribution in [2.75, 3.05) is 13.1 Å². The zero-order valence-corrected chi connectivity index (χ0v) is 16.3. The monoisotopic (exact) mass is 379 g/mol. The van der Waals surface area contributed by atoms with Gasteiger partial charge >= 0.3 is 0 Å². The number of carbonyl (C=O) groups is 3. The van der Waals surface area contributed by atoms with E-state index in [2.05, 4.69) is 6.92 Å². The number of fused-ring (bicyclic) bond motifs is 1. The molecule has 0 saturated carbocycles. The van der Waals surface area contributed by atoms with Crippen LogP contribution < -0.4 is 0 Å². The molecule has 2 aliphatic rings. The van der Waals surface area contributed by atoms with Crippen molar-refractivity contribution in [3.63, 3.8) is 0 Å². The zero-order valence-electron chi connectivity index (χ0n) is 16.3. The second kappa shape index (κ2) is 7.26. The van der Waals surface area contributed by atoms with Gasteiger partial charge < -0.3 is 9.47 Å². The Kier molecular flexibility index (Phi) is 4.79. The summed E-state index contributed by atoms with van der Waals surface area (Å²) in [6.07, 6.45) is 4.84. The molecule has 6 nitrogen and oxygen atoms in total. The van der Waals surface area contributed by atoms with Crippen molar-refractivity contribution in [3.05, 3.63) is 59.4 Å². The van der Waals surface area contributed by atoms with Gasteiger partial charge in [0.05, 0.1) is 17.2 Å². The van der Waals surface area contributed by atoms with Crippen LogP contribution in [0.4, 0.5) is 0 Å². The smallest absolute Gasteiger partial charge is 0.262 e. The Hall–Kier alpha value is -2.89. The molecule has 4 rings (SSSR count). The van der Waals surface area contributed by atoms with Crippen LogP contribution in [0.3, 0.4) is 0 Å². The van der Waals surface area contributed by atoms with E-state index in [9.17, 15) is 14.4 Å². The fourth-order valence-corrected chi connectivity index (χ4v) is 4.29. The van der Waals surface area contributed by atoms with E-state index in [-0.39, 0.29) is 30.3 Å². The SMILES string of the molecule is CC1CCC(c2cccn2C)N(C(=O)CN2C(=O)c3ccccc3C2=O)CC1. The van der Waals surface area contributed by atoms with Crippen molar-refractivity contribution in [2.45, 2.75) is 32.2 Å². The number of aryl methyl sites for hydroxylation is 1. The summed E-state index contributed by atoms with van der Waals surface area (Å²) in [7, 11) is 1.98. The van der Waals surface area contributed by atoms with E-state index < -0.39 is 0 Å². The lowest BCUT2D eigenvalue weighted by Gasteiger charge is -2.31. The van der Waals surface area contributed by atoms with Gasteiger partial charge in [0.1, 0.15) is 6.54 Å². The number of likely N-dealkylation sites (tertiary alicyclic amines) is 1. The number of nitrogens with zero attached hydrogens (tertiary/aromatic N) is 3. The van der Waals surface area contributed by atoms with Gasteiger partial charge in [0.15, 0.2) is 0 Å². The molecule has 0 radical (unpaired) electrons. The highest BCUT2D eigenvalue weighted by molar-refractivity contribution is 6.22. The molecule has 2 aliphatic heterocycles. The third kappa shape index (κ3) is 3.13. The van der Waals surface area contributed by atoms with E-state index in [0.717, 1.165) is 29.9 Å². The highest BCUT2D eigenvalue weighted by Crippen LogP contribution is 2.33. The van der Waals surface area contributed by atoms with E-state index in [1.807, 2.05) is 34.8 Å². The molecule has 1 saturated heterocycles. The van der Waals surface area contributed by atoms with Crippen molar-refractivity contribution in [3.8, 4) is 0 Å². The molecule has 2 aromatic rings. The topological polar surface area (TPSA) is 62.6 Å². The second-order valence-electron chi connectivity index (χ2n) is 7.86. The molecule has 2 unspecified atom stereocenters. The summed E-state index contributed by atoms with van der Waals surface area (Å²) >= 11 is 0. The first-order valence-electron chi connectivity index (χ1n) is 9.83. The first kappa shape index (κ1) is 18.5. The zero-order chi connectivity index (χ0) is 19.8. The van der Waals surface area contributed by atoms with Gasteiger partial charge in [-0.3, -0.25) is 19.3 Å². The van der Waals surface area contributed by atoms with E-state index in [4.69, 9.17) is 0 Å². The summed E-state index contributed by atoms with van der Waals surface area (Å²) < 4.78 is 2.04. The molecule has 2 atom stereocenters. The fraction of sp³-hybridized carbons (Fsp3) is 0.409. The summed E-state index contributed by atoms with van der Waals surface area (Å²) in [6, 6.07) is 10.7. The Bertz CT molecular complexity index is 898. The lowest BCUT2D eigenvalue weighted by atomic mass is 10.00. The maximum Gasteiger partial charge on any atom is 0.262 e. The molecule has 146 valence electrons. The molecule has 3 heterocycles. The van der Waals surface area contributed by atoms with Gasteiger partial charge in [0.2, 0.25) is 5.91 Å². The van der Waals surface area contributed by atoms with Gasteiger partial charge in [-0.05, 0) is 49.4 Å². The Labute approximate surface area is 164 Å². The summed E-state index contributed by atoms with van der Waals surface area (Å²) in [5.74, 6) is -0.394. The Morgan fingerprint density at radius 1 is 1.00 bits per heavy atom. The number of hydrogen-bond donors (Lipinski definition) is 0. The summed E-state index contributed by atoms with van der Waals surface area (Å²) in [5.41, 5.74) is 1.84. The lowest BCUT2D eigenvalue weighted by Crippen LogP contribution is -2.44. The second-order valence-corrected chi connectivity index (χ2v) is 7.86. The standard InChI is InChI=1S/C22H25N3O3/c1-15-9-10-19(18-8-5-12-23(18)2)24(13-11-15)20(26)14-25-21(27)16-6-3-4-7-17(16)22(25)28/h3-8,12,15,19H,9-11,13-14H2,1-2H3. The number of benzene rings is 1. The maximum absolute atomic E-state index is 13.2. The van der Waals surface area contributed by atoms with Crippen LogP contribution in [0, 0.1) is 5.92 Å². The number of imide groups is 1. The minimum absolute atomic E-state index is 0.0346. The van der Waals surface area contributed by atoms with Gasteiger partial charge in [0.25, 0.3) is 11.8 Å². The molecular weight excluding hydrogens is 354 g/mol. The molecular formula is C22H25N3O3. The highest BCUT2D eigenvalue weighted by atomic mass is 16.2. The molecule has 1 aromatic carbocycles. The molecule has 0 aliphatic carbocycles. The fourth-order valence-electron chi connectivity index (χ4n) is 4.29. The van der Waals surface area contributed by atoms with Gasteiger partial charge in [0, 0.05) is 25.5 Å². The van der Waals surface area contributed by atoms with Gasteiger partial charge in [-0.1, -0.05) is 19.1 Å². The van der Waals surface area contributed by atoms with E-state index >= 15 is 0 Å². The van der Waals surface area contributed by atoms with Crippen molar-refractivity contribution in [1.29, 1.82) is 0 Å². The Balaban J connectivity index is 1.58. The highest BCUT2D eigenvalue weighted by Gasteiger charge is 2.38. The number of hydrogen-bond acceptors (Lipinski definition) is 3. The molecule has 0 bridgehead atoms. The molecule has 1 aromatic heterocycles. The lowest BCUT2D eigenvalue weighted by molar-refractivity contribution is -0.134. The number of aromatic nitrogens is 1. The van der Waals surface area contributed by atoms with Crippen LogP contribution in [-0.2, 0) is 11.8 Å². The predicted molar refractivity (Wildman–Crippen MR) is 105 cm³/mol. The first-order chi connectivity index (χ1) is 13.5. The van der Waals surface area contributed by atoms with Crippen molar-refractivity contribution >= 4 is 17.7 Å². The molecule has 3 amide bonds. The number of carbonyl (C=O) groups excluding carboxylic acids is 3. The minimum atomic E-state index is -0.382. The van der Waals surface area contributed by atoms with E-state index in [0.29, 0.717) is 23.6 Å². The van der Waals surface area contributed by atoms with Gasteiger partial charge in [-0.2, -0.15) is 0 Å². The van der Waals surface area contributed by atoms with Crippen molar-refractivity contribution in [1.82, 2.24) is 14.4 Å². The van der Waals surface area contributed by atoms with Crippen LogP contribution in [0.5, 0.6) is 0 Å². The first-order valence-corrected chi connectivity index (χ1v) is 9.83. The van der Waals surface area contributed by atoms with Gasteiger partial charge in [-0.15, -0.1) is 0 Å². The van der Waals surface area contributed by atoms with Crippen LogP contribution in [0.15, 0.2) is 42.6 Å². The van der Waals surface area contributed by atoms with E-state index in [1.54, 1.807) is 24.3 Å². The van der Waals surface area contributed by atoms with Gasteiger partial charge in [-0.25, -0.2) is 0 Å². The minimum Gasteiger partial charge on any atom is -0.353 e. The average molecular weight is 379 g/mol. The number of amides is 3. The normalized spacial score (nSPS) is 22.4. The van der Waals surface area contributed by atoms with Crippen LogP contribution in [-0.4, -0.2) is 45.2 Å². The summed E-state index contributed by atoms with van der Waals surface area (Å²) in [5, 5.41) is 0. The molecule has 1 fully saturated rings. The third-order valence-electron chi connectivity index (χ3n) is 5.99.